The normalized spacial score (nSPS) is 17.3. The summed E-state index contributed by atoms with van der Waals surface area (Å²) in [5, 5.41) is 0. The number of aromatic nitrogens is 2. The van der Waals surface area contributed by atoms with Crippen molar-refractivity contribution in [3.8, 4) is 22.6 Å². The van der Waals surface area contributed by atoms with Crippen LogP contribution in [0, 0.1) is 11.7 Å². The molecule has 0 radical (unpaired) electrons. The van der Waals surface area contributed by atoms with Gasteiger partial charge in [0.25, 0.3) is 0 Å². The summed E-state index contributed by atoms with van der Waals surface area (Å²) in [5.41, 5.74) is 2.02. The van der Waals surface area contributed by atoms with Gasteiger partial charge in [-0.2, -0.15) is 0 Å². The maximum absolute atomic E-state index is 14.8. The number of hydrogen-bond donors (Lipinski definition) is 0. The third-order valence-electron chi connectivity index (χ3n) is 6.37. The monoisotopic (exact) mass is 483 g/mol. The first kappa shape index (κ1) is 22.6. The molecule has 9 heteroatoms. The summed E-state index contributed by atoms with van der Waals surface area (Å²) >= 11 is 0. The van der Waals surface area contributed by atoms with Gasteiger partial charge in [-0.1, -0.05) is 25.1 Å². The molecule has 2 aromatic carbocycles. The zero-order valence-corrected chi connectivity index (χ0v) is 19.7. The van der Waals surface area contributed by atoms with Crippen LogP contribution in [0.15, 0.2) is 53.7 Å². The van der Waals surface area contributed by atoms with Crippen LogP contribution in [-0.2, 0) is 16.3 Å². The van der Waals surface area contributed by atoms with E-state index in [0.29, 0.717) is 29.4 Å². The highest BCUT2D eigenvalue weighted by Gasteiger charge is 2.31. The number of fused-ring (bicyclic) bond motifs is 1. The third kappa shape index (κ3) is 4.44. The van der Waals surface area contributed by atoms with Crippen molar-refractivity contribution in [1.29, 1.82) is 0 Å². The molecule has 0 atom stereocenters. The molecule has 5 rings (SSSR count). The zero-order chi connectivity index (χ0) is 23.7. The van der Waals surface area contributed by atoms with E-state index in [4.69, 9.17) is 9.47 Å². The molecule has 3 heterocycles. The Bertz CT molecular complexity index is 1290. The van der Waals surface area contributed by atoms with Gasteiger partial charge in [-0.15, -0.1) is 0 Å². The Morgan fingerprint density at radius 1 is 1.15 bits per heavy atom. The Hall–Kier alpha value is -3.20. The van der Waals surface area contributed by atoms with E-state index in [9.17, 15) is 12.8 Å². The summed E-state index contributed by atoms with van der Waals surface area (Å²) in [6, 6.07) is 9.53. The quantitative estimate of drug-likeness (QED) is 0.518. The predicted octanol–water partition coefficient (Wildman–Crippen LogP) is 4.26. The number of rotatable bonds is 6. The molecule has 34 heavy (non-hydrogen) atoms. The number of ether oxygens (including phenoxy) is 2. The lowest BCUT2D eigenvalue weighted by atomic mass is 9.98. The standard InChI is InChI=1S/C25H26FN3O4S/c1-2-17-13-27-25(28-14-17)29-10-8-18(9-11-29)15-32-22-7-6-19(12-21(22)26)20-4-3-5-23-24(20)34(30,31)16-33-23/h3-7,12-14,18H,2,8-11,15-16H2,1H3. The first-order valence-electron chi connectivity index (χ1n) is 11.4. The van der Waals surface area contributed by atoms with Crippen molar-refractivity contribution in [2.24, 2.45) is 5.92 Å². The molecule has 0 aliphatic carbocycles. The molecule has 0 saturated carbocycles. The van der Waals surface area contributed by atoms with E-state index >= 15 is 0 Å². The topological polar surface area (TPSA) is 81.6 Å². The van der Waals surface area contributed by atoms with Gasteiger partial charge < -0.3 is 14.4 Å². The van der Waals surface area contributed by atoms with Gasteiger partial charge in [-0.05, 0) is 54.5 Å². The maximum Gasteiger partial charge on any atom is 0.225 e. The van der Waals surface area contributed by atoms with Crippen LogP contribution in [0.5, 0.6) is 11.5 Å². The fraction of sp³-hybridized carbons (Fsp3) is 0.360. The van der Waals surface area contributed by atoms with Crippen LogP contribution in [0.4, 0.5) is 10.3 Å². The van der Waals surface area contributed by atoms with Gasteiger partial charge in [0.05, 0.1) is 6.61 Å². The lowest BCUT2D eigenvalue weighted by Crippen LogP contribution is -2.36. The molecule has 2 aliphatic heterocycles. The Kier molecular flexibility index (Phi) is 6.12. The smallest absolute Gasteiger partial charge is 0.225 e. The molecule has 0 unspecified atom stereocenters. The number of piperidine rings is 1. The maximum atomic E-state index is 14.8. The molecule has 0 spiro atoms. The van der Waals surface area contributed by atoms with Crippen molar-refractivity contribution < 1.29 is 22.3 Å². The van der Waals surface area contributed by atoms with E-state index < -0.39 is 21.6 Å². The second-order valence-corrected chi connectivity index (χ2v) is 10.5. The molecule has 0 amide bonds. The highest BCUT2D eigenvalue weighted by Crippen LogP contribution is 2.40. The number of benzene rings is 2. The van der Waals surface area contributed by atoms with Crippen LogP contribution in [-0.4, -0.2) is 44.0 Å². The molecule has 0 bridgehead atoms. The molecule has 2 aliphatic rings. The number of anilines is 1. The van der Waals surface area contributed by atoms with E-state index in [1.165, 1.54) is 6.07 Å². The van der Waals surface area contributed by atoms with Crippen LogP contribution in [0.2, 0.25) is 0 Å². The molecule has 7 nitrogen and oxygen atoms in total. The minimum atomic E-state index is -3.55. The van der Waals surface area contributed by atoms with Crippen LogP contribution >= 0.6 is 0 Å². The second-order valence-electron chi connectivity index (χ2n) is 8.64. The van der Waals surface area contributed by atoms with Gasteiger partial charge in [0.2, 0.25) is 15.8 Å². The van der Waals surface area contributed by atoms with Crippen LogP contribution in [0.1, 0.15) is 25.3 Å². The van der Waals surface area contributed by atoms with Gasteiger partial charge in [0.15, 0.2) is 17.5 Å². The molecule has 0 N–H and O–H groups in total. The SMILES string of the molecule is CCc1cnc(N2CCC(COc3ccc(-c4cccc5c4S(=O)(=O)CO5)cc3F)CC2)nc1. The summed E-state index contributed by atoms with van der Waals surface area (Å²) in [6.45, 7) is 4.16. The Morgan fingerprint density at radius 2 is 1.91 bits per heavy atom. The lowest BCUT2D eigenvalue weighted by Gasteiger charge is -2.31. The molecule has 1 fully saturated rings. The second kappa shape index (κ2) is 9.21. The van der Waals surface area contributed by atoms with Crippen molar-refractivity contribution in [1.82, 2.24) is 9.97 Å². The summed E-state index contributed by atoms with van der Waals surface area (Å²) < 4.78 is 50.6. The lowest BCUT2D eigenvalue weighted by molar-refractivity contribution is 0.215. The predicted molar refractivity (Wildman–Crippen MR) is 126 cm³/mol. The van der Waals surface area contributed by atoms with Crippen LogP contribution in [0.3, 0.4) is 0 Å². The third-order valence-corrected chi connectivity index (χ3v) is 7.85. The number of hydrogen-bond acceptors (Lipinski definition) is 7. The summed E-state index contributed by atoms with van der Waals surface area (Å²) in [4.78, 5) is 11.2. The molecule has 178 valence electrons. The van der Waals surface area contributed by atoms with Gasteiger partial charge >= 0.3 is 0 Å². The van der Waals surface area contributed by atoms with Crippen LogP contribution < -0.4 is 14.4 Å². The van der Waals surface area contributed by atoms with Gasteiger partial charge in [0, 0.05) is 31.0 Å². The van der Waals surface area contributed by atoms with Crippen LogP contribution in [0.25, 0.3) is 11.1 Å². The van der Waals surface area contributed by atoms with Crippen molar-refractivity contribution in [2.75, 3.05) is 30.5 Å². The van der Waals surface area contributed by atoms with E-state index in [-0.39, 0.29) is 10.6 Å². The number of halogens is 1. The van der Waals surface area contributed by atoms with Crippen molar-refractivity contribution >= 4 is 15.8 Å². The van der Waals surface area contributed by atoms with E-state index in [1.807, 2.05) is 12.4 Å². The summed E-state index contributed by atoms with van der Waals surface area (Å²) in [6.07, 6.45) is 6.48. The van der Waals surface area contributed by atoms with Crippen molar-refractivity contribution in [3.63, 3.8) is 0 Å². The molecule has 3 aromatic rings. The number of sulfone groups is 1. The van der Waals surface area contributed by atoms with Crippen molar-refractivity contribution in [3.05, 3.63) is 60.2 Å². The molecule has 1 saturated heterocycles. The Labute approximate surface area is 198 Å². The zero-order valence-electron chi connectivity index (χ0n) is 18.9. The van der Waals surface area contributed by atoms with Gasteiger partial charge in [0.1, 0.15) is 10.6 Å². The van der Waals surface area contributed by atoms with E-state index in [2.05, 4.69) is 21.8 Å². The summed E-state index contributed by atoms with van der Waals surface area (Å²) in [7, 11) is -3.55. The Morgan fingerprint density at radius 3 is 2.62 bits per heavy atom. The van der Waals surface area contributed by atoms with Crippen molar-refractivity contribution in [2.45, 2.75) is 31.1 Å². The highest BCUT2D eigenvalue weighted by molar-refractivity contribution is 7.91. The first-order valence-corrected chi connectivity index (χ1v) is 13.1. The Balaban J connectivity index is 1.21. The minimum absolute atomic E-state index is 0.114. The molecular formula is C25H26FN3O4S. The first-order chi connectivity index (χ1) is 16.4. The minimum Gasteiger partial charge on any atom is -0.490 e. The largest absolute Gasteiger partial charge is 0.490 e. The fourth-order valence-electron chi connectivity index (χ4n) is 4.36. The fourth-order valence-corrected chi connectivity index (χ4v) is 5.72. The van der Waals surface area contributed by atoms with Gasteiger partial charge in [-0.25, -0.2) is 22.8 Å². The van der Waals surface area contributed by atoms with Gasteiger partial charge in [-0.3, -0.25) is 0 Å². The molecule has 1 aromatic heterocycles. The number of nitrogens with zero attached hydrogens (tertiary/aromatic N) is 3. The molecular weight excluding hydrogens is 457 g/mol. The number of aryl methyl sites for hydroxylation is 1. The average molecular weight is 484 g/mol. The summed E-state index contributed by atoms with van der Waals surface area (Å²) in [5.74, 6) is 0.613. The highest BCUT2D eigenvalue weighted by atomic mass is 32.2. The van der Waals surface area contributed by atoms with E-state index in [0.717, 1.165) is 43.9 Å². The average Bonchev–Trinajstić information content (AvgIpc) is 3.18. The van der Waals surface area contributed by atoms with E-state index in [1.54, 1.807) is 30.3 Å².